The van der Waals surface area contributed by atoms with Gasteiger partial charge in [0.15, 0.2) is 0 Å². The molecule has 0 spiro atoms. The zero-order valence-corrected chi connectivity index (χ0v) is 21.6. The molecular formula is C30H33N3O4. The number of hydrogen-bond acceptors (Lipinski definition) is 4. The first-order valence-electron chi connectivity index (χ1n) is 12.3. The SMILES string of the molecule is COc1cc(OC)cc(C(=O)NC(C(=O)NCC(c2ccccc2)c2c[nH]c3ccccc23)C(C)C)c1. The van der Waals surface area contributed by atoms with Gasteiger partial charge in [0.1, 0.15) is 17.5 Å². The van der Waals surface area contributed by atoms with Gasteiger partial charge in [-0.3, -0.25) is 9.59 Å². The molecule has 0 radical (unpaired) electrons. The van der Waals surface area contributed by atoms with Gasteiger partial charge in [-0.1, -0.05) is 62.4 Å². The van der Waals surface area contributed by atoms with Gasteiger partial charge in [0, 0.05) is 41.2 Å². The number of aromatic amines is 1. The van der Waals surface area contributed by atoms with E-state index in [-0.39, 0.29) is 23.7 Å². The van der Waals surface area contributed by atoms with Crippen molar-refractivity contribution in [2.24, 2.45) is 5.92 Å². The van der Waals surface area contributed by atoms with Gasteiger partial charge in [-0.05, 0) is 35.2 Å². The van der Waals surface area contributed by atoms with Crippen molar-refractivity contribution in [3.63, 3.8) is 0 Å². The maximum absolute atomic E-state index is 13.4. The van der Waals surface area contributed by atoms with Gasteiger partial charge in [-0.15, -0.1) is 0 Å². The van der Waals surface area contributed by atoms with Gasteiger partial charge in [0.25, 0.3) is 5.91 Å². The van der Waals surface area contributed by atoms with Crippen molar-refractivity contribution in [1.29, 1.82) is 0 Å². The number of para-hydroxylation sites is 1. The van der Waals surface area contributed by atoms with Crippen LogP contribution in [0.4, 0.5) is 0 Å². The Balaban J connectivity index is 1.54. The van der Waals surface area contributed by atoms with Gasteiger partial charge in [0.05, 0.1) is 14.2 Å². The molecule has 7 nitrogen and oxygen atoms in total. The third-order valence-corrected chi connectivity index (χ3v) is 6.53. The highest BCUT2D eigenvalue weighted by Crippen LogP contribution is 2.30. The first-order chi connectivity index (χ1) is 17.9. The number of ether oxygens (including phenoxy) is 2. The van der Waals surface area contributed by atoms with Crippen LogP contribution in [0.15, 0.2) is 79.0 Å². The molecule has 3 N–H and O–H groups in total. The molecule has 2 amide bonds. The summed E-state index contributed by atoms with van der Waals surface area (Å²) in [6, 6.07) is 22.5. The monoisotopic (exact) mass is 499 g/mol. The Kier molecular flexibility index (Phi) is 8.13. The minimum atomic E-state index is -0.718. The lowest BCUT2D eigenvalue weighted by Gasteiger charge is -2.24. The summed E-state index contributed by atoms with van der Waals surface area (Å²) >= 11 is 0. The maximum atomic E-state index is 13.4. The van der Waals surface area contributed by atoms with Gasteiger partial charge < -0.3 is 25.1 Å². The molecule has 0 bridgehead atoms. The largest absolute Gasteiger partial charge is 0.497 e. The number of amides is 2. The second-order valence-electron chi connectivity index (χ2n) is 9.29. The fourth-order valence-corrected chi connectivity index (χ4v) is 4.49. The van der Waals surface area contributed by atoms with E-state index in [2.05, 4.69) is 33.8 Å². The molecule has 0 fully saturated rings. The van der Waals surface area contributed by atoms with Crippen LogP contribution in [0.25, 0.3) is 10.9 Å². The van der Waals surface area contributed by atoms with Crippen LogP contribution in [0.5, 0.6) is 11.5 Å². The molecule has 4 rings (SSSR count). The predicted octanol–water partition coefficient (Wildman–Crippen LogP) is 4.89. The molecule has 7 heteroatoms. The first-order valence-corrected chi connectivity index (χ1v) is 12.3. The highest BCUT2D eigenvalue weighted by molar-refractivity contribution is 5.98. The molecule has 4 aromatic rings. The second kappa shape index (κ2) is 11.6. The molecule has 0 aliphatic heterocycles. The lowest BCUT2D eigenvalue weighted by atomic mass is 9.90. The fraction of sp³-hybridized carbons (Fsp3) is 0.267. The topological polar surface area (TPSA) is 92.4 Å². The van der Waals surface area contributed by atoms with Crippen molar-refractivity contribution in [2.45, 2.75) is 25.8 Å². The van der Waals surface area contributed by atoms with E-state index < -0.39 is 6.04 Å². The van der Waals surface area contributed by atoms with Crippen LogP contribution in [0.3, 0.4) is 0 Å². The minimum Gasteiger partial charge on any atom is -0.497 e. The number of H-pyrrole nitrogens is 1. The first kappa shape index (κ1) is 25.8. The molecule has 0 saturated carbocycles. The van der Waals surface area contributed by atoms with Crippen LogP contribution in [0, 0.1) is 5.92 Å². The Bertz CT molecular complexity index is 1340. The molecule has 1 heterocycles. The second-order valence-corrected chi connectivity index (χ2v) is 9.29. The van der Waals surface area contributed by atoms with Crippen molar-refractivity contribution in [3.8, 4) is 11.5 Å². The standard InChI is InChI=1S/C30H33N3O4/c1-19(2)28(33-29(34)21-14-22(36-3)16-23(15-21)37-4)30(35)32-17-25(20-10-6-5-7-11-20)26-18-31-27-13-9-8-12-24(26)27/h5-16,18-19,25,28,31H,17H2,1-4H3,(H,32,35)(H,33,34). The van der Waals surface area contributed by atoms with Crippen molar-refractivity contribution < 1.29 is 19.1 Å². The van der Waals surface area contributed by atoms with E-state index in [4.69, 9.17) is 9.47 Å². The van der Waals surface area contributed by atoms with Gasteiger partial charge in [-0.2, -0.15) is 0 Å². The average Bonchev–Trinajstić information content (AvgIpc) is 3.35. The summed E-state index contributed by atoms with van der Waals surface area (Å²) in [5, 5.41) is 7.11. The molecule has 0 aliphatic carbocycles. The minimum absolute atomic E-state index is 0.0625. The van der Waals surface area contributed by atoms with Crippen LogP contribution >= 0.6 is 0 Å². The summed E-state index contributed by atoms with van der Waals surface area (Å²) in [4.78, 5) is 29.8. The lowest BCUT2D eigenvalue weighted by molar-refractivity contribution is -0.123. The number of nitrogens with one attached hydrogen (secondary N) is 3. The molecule has 1 aromatic heterocycles. The summed E-state index contributed by atoms with van der Waals surface area (Å²) in [6.45, 7) is 4.20. The summed E-state index contributed by atoms with van der Waals surface area (Å²) in [5.74, 6) is 0.201. The van der Waals surface area contributed by atoms with Crippen LogP contribution in [0.1, 0.15) is 41.3 Å². The highest BCUT2D eigenvalue weighted by Gasteiger charge is 2.27. The smallest absolute Gasteiger partial charge is 0.252 e. The Hall–Kier alpha value is -4.26. The molecule has 37 heavy (non-hydrogen) atoms. The van der Waals surface area contributed by atoms with Crippen LogP contribution in [0.2, 0.25) is 0 Å². The van der Waals surface area contributed by atoms with Crippen LogP contribution in [-0.4, -0.2) is 43.6 Å². The van der Waals surface area contributed by atoms with E-state index in [0.717, 1.165) is 22.0 Å². The zero-order chi connectivity index (χ0) is 26.4. The lowest BCUT2D eigenvalue weighted by Crippen LogP contribution is -2.50. The summed E-state index contributed by atoms with van der Waals surface area (Å²) in [7, 11) is 3.05. The van der Waals surface area contributed by atoms with Crippen molar-refractivity contribution in [1.82, 2.24) is 15.6 Å². The van der Waals surface area contributed by atoms with Crippen LogP contribution < -0.4 is 20.1 Å². The molecular weight excluding hydrogens is 466 g/mol. The number of hydrogen-bond donors (Lipinski definition) is 3. The number of carbonyl (C=O) groups excluding carboxylic acids is 2. The third-order valence-electron chi connectivity index (χ3n) is 6.53. The quantitative estimate of drug-likeness (QED) is 0.290. The van der Waals surface area contributed by atoms with Gasteiger partial charge in [-0.25, -0.2) is 0 Å². The number of benzene rings is 3. The van der Waals surface area contributed by atoms with E-state index in [1.807, 2.05) is 56.4 Å². The van der Waals surface area contributed by atoms with Crippen molar-refractivity contribution in [2.75, 3.05) is 20.8 Å². The number of methoxy groups -OCH3 is 2. The molecule has 3 aromatic carbocycles. The number of aromatic nitrogens is 1. The Morgan fingerprint density at radius 3 is 2.19 bits per heavy atom. The van der Waals surface area contributed by atoms with E-state index in [1.165, 1.54) is 14.2 Å². The Morgan fingerprint density at radius 1 is 0.892 bits per heavy atom. The third kappa shape index (κ3) is 5.94. The van der Waals surface area contributed by atoms with E-state index in [1.54, 1.807) is 18.2 Å². The summed E-state index contributed by atoms with van der Waals surface area (Å²) in [6.07, 6.45) is 2.01. The molecule has 2 atom stereocenters. The summed E-state index contributed by atoms with van der Waals surface area (Å²) in [5.41, 5.74) is 3.61. The Labute approximate surface area is 217 Å². The molecule has 192 valence electrons. The normalized spacial score (nSPS) is 12.7. The van der Waals surface area contributed by atoms with E-state index >= 15 is 0 Å². The molecule has 0 aliphatic rings. The number of carbonyl (C=O) groups is 2. The average molecular weight is 500 g/mol. The van der Waals surface area contributed by atoms with Gasteiger partial charge >= 0.3 is 0 Å². The van der Waals surface area contributed by atoms with Crippen LogP contribution in [-0.2, 0) is 4.79 Å². The van der Waals surface area contributed by atoms with Crippen molar-refractivity contribution in [3.05, 3.63) is 95.7 Å². The highest BCUT2D eigenvalue weighted by atomic mass is 16.5. The van der Waals surface area contributed by atoms with E-state index in [9.17, 15) is 9.59 Å². The van der Waals surface area contributed by atoms with Gasteiger partial charge in [0.2, 0.25) is 5.91 Å². The fourth-order valence-electron chi connectivity index (χ4n) is 4.49. The van der Waals surface area contributed by atoms with Crippen molar-refractivity contribution >= 4 is 22.7 Å². The maximum Gasteiger partial charge on any atom is 0.252 e. The predicted molar refractivity (Wildman–Crippen MR) is 145 cm³/mol. The molecule has 2 unspecified atom stereocenters. The zero-order valence-electron chi connectivity index (χ0n) is 21.6. The molecule has 0 saturated heterocycles. The number of rotatable bonds is 10. The summed E-state index contributed by atoms with van der Waals surface area (Å²) < 4.78 is 10.6. The Morgan fingerprint density at radius 2 is 1.54 bits per heavy atom. The van der Waals surface area contributed by atoms with E-state index in [0.29, 0.717) is 23.6 Å². The number of fused-ring (bicyclic) bond motifs is 1.